The van der Waals surface area contributed by atoms with E-state index in [-0.39, 0.29) is 5.82 Å². The number of carbonyl (C=O) groups excluding carboxylic acids is 1. The van der Waals surface area contributed by atoms with Crippen LogP contribution in [0.15, 0.2) is 96.4 Å². The van der Waals surface area contributed by atoms with Gasteiger partial charge in [0.05, 0.1) is 17.1 Å². The molecule has 0 aliphatic carbocycles. The van der Waals surface area contributed by atoms with Crippen molar-refractivity contribution in [3.63, 3.8) is 0 Å². The van der Waals surface area contributed by atoms with Gasteiger partial charge in [-0.2, -0.15) is 5.10 Å². The Kier molecular flexibility index (Phi) is 5.68. The molecule has 5 aromatic rings. The van der Waals surface area contributed by atoms with E-state index in [1.165, 1.54) is 6.33 Å². The summed E-state index contributed by atoms with van der Waals surface area (Å²) in [5.41, 5.74) is 6.39. The van der Waals surface area contributed by atoms with Crippen LogP contribution in [0.5, 0.6) is 0 Å². The minimum Gasteiger partial charge on any atom is -0.264 e. The molecule has 34 heavy (non-hydrogen) atoms. The molecule has 0 atom stereocenters. The van der Waals surface area contributed by atoms with Crippen molar-refractivity contribution in [2.75, 3.05) is 0 Å². The Morgan fingerprint density at radius 2 is 1.65 bits per heavy atom. The van der Waals surface area contributed by atoms with Crippen molar-refractivity contribution in [1.29, 1.82) is 0 Å². The van der Waals surface area contributed by atoms with E-state index in [9.17, 15) is 4.79 Å². The van der Waals surface area contributed by atoms with Crippen LogP contribution in [0.4, 0.5) is 0 Å². The van der Waals surface area contributed by atoms with Crippen molar-refractivity contribution in [2.24, 2.45) is 5.10 Å². The van der Waals surface area contributed by atoms with Gasteiger partial charge in [0.25, 0.3) is 0 Å². The molecule has 0 saturated heterocycles. The molecule has 0 bridgehead atoms. The molecule has 0 aliphatic rings. The predicted molar refractivity (Wildman–Crippen MR) is 126 cm³/mol. The largest absolute Gasteiger partial charge is 0.311 e. The number of hydrogen-bond acceptors (Lipinski definition) is 7. The van der Waals surface area contributed by atoms with Gasteiger partial charge < -0.3 is 0 Å². The Hall–Kier alpha value is -4.99. The lowest BCUT2D eigenvalue weighted by molar-refractivity contribution is 0.0944. The number of rotatable bonds is 6. The molecule has 3 aromatic carbocycles. The molecule has 2 aromatic heterocycles. The van der Waals surface area contributed by atoms with Crippen molar-refractivity contribution in [1.82, 2.24) is 40.4 Å². The standard InChI is InChI=1S/C24H19N9O/c1-17(19-11-8-14-21(15-19)32-16-25-30-31-32)27-28-24(34)22-26-23(18-9-4-2-5-10-18)33(29-22)20-12-6-3-7-13-20/h2-16H,1H3,(H,28,34)/b27-17+. The quantitative estimate of drug-likeness (QED) is 0.315. The molecule has 0 fully saturated rings. The molecular formula is C24H19N9O. The van der Waals surface area contributed by atoms with Crippen molar-refractivity contribution < 1.29 is 4.79 Å². The molecule has 2 heterocycles. The fraction of sp³-hybridized carbons (Fsp3) is 0.0417. The minimum absolute atomic E-state index is 0.0155. The molecule has 0 aliphatic heterocycles. The molecule has 5 rings (SSSR count). The number of hydrogen-bond donors (Lipinski definition) is 1. The number of amides is 1. The summed E-state index contributed by atoms with van der Waals surface area (Å²) in [6.45, 7) is 1.80. The molecule has 10 nitrogen and oxygen atoms in total. The van der Waals surface area contributed by atoms with Crippen molar-refractivity contribution in [3.8, 4) is 22.8 Å². The molecule has 166 valence electrons. The average molecular weight is 449 g/mol. The van der Waals surface area contributed by atoms with Gasteiger partial charge in [0.2, 0.25) is 5.82 Å². The lowest BCUT2D eigenvalue weighted by Gasteiger charge is -2.05. The Morgan fingerprint density at radius 1 is 0.912 bits per heavy atom. The minimum atomic E-state index is -0.511. The fourth-order valence-corrected chi connectivity index (χ4v) is 3.33. The van der Waals surface area contributed by atoms with Crippen molar-refractivity contribution in [2.45, 2.75) is 6.92 Å². The van der Waals surface area contributed by atoms with Gasteiger partial charge in [0, 0.05) is 5.56 Å². The van der Waals surface area contributed by atoms with Gasteiger partial charge in [-0.05, 0) is 47.2 Å². The summed E-state index contributed by atoms with van der Waals surface area (Å²) in [5.74, 6) is 0.0661. The van der Waals surface area contributed by atoms with E-state index < -0.39 is 5.91 Å². The third-order valence-electron chi connectivity index (χ3n) is 5.05. The van der Waals surface area contributed by atoms with Gasteiger partial charge in [-0.25, -0.2) is 19.8 Å². The van der Waals surface area contributed by atoms with Gasteiger partial charge in [-0.3, -0.25) is 4.79 Å². The summed E-state index contributed by atoms with van der Waals surface area (Å²) in [6.07, 6.45) is 1.51. The van der Waals surface area contributed by atoms with Crippen LogP contribution in [0.2, 0.25) is 0 Å². The number of hydrazone groups is 1. The highest BCUT2D eigenvalue weighted by molar-refractivity contribution is 6.00. The van der Waals surface area contributed by atoms with Gasteiger partial charge in [-0.15, -0.1) is 10.2 Å². The molecular weight excluding hydrogens is 430 g/mol. The molecule has 0 saturated carbocycles. The molecule has 0 unspecified atom stereocenters. The zero-order valence-electron chi connectivity index (χ0n) is 18.1. The fourth-order valence-electron chi connectivity index (χ4n) is 3.33. The van der Waals surface area contributed by atoms with Crippen LogP contribution in [0.1, 0.15) is 23.1 Å². The van der Waals surface area contributed by atoms with Crippen LogP contribution in [-0.2, 0) is 0 Å². The van der Waals surface area contributed by atoms with Crippen molar-refractivity contribution in [3.05, 3.63) is 103 Å². The van der Waals surface area contributed by atoms with Crippen LogP contribution in [0.25, 0.3) is 22.8 Å². The second kappa shape index (κ2) is 9.25. The van der Waals surface area contributed by atoms with E-state index in [1.54, 1.807) is 16.3 Å². The number of carbonyl (C=O) groups is 1. The van der Waals surface area contributed by atoms with E-state index in [0.29, 0.717) is 11.5 Å². The van der Waals surface area contributed by atoms with Crippen molar-refractivity contribution >= 4 is 11.6 Å². The van der Waals surface area contributed by atoms with E-state index in [1.807, 2.05) is 84.9 Å². The number of aromatic nitrogens is 7. The van der Waals surface area contributed by atoms with Crippen LogP contribution in [0, 0.1) is 0 Å². The Morgan fingerprint density at radius 3 is 2.38 bits per heavy atom. The van der Waals surface area contributed by atoms with Gasteiger partial charge >= 0.3 is 5.91 Å². The first-order chi connectivity index (χ1) is 16.7. The Bertz CT molecular complexity index is 1390. The summed E-state index contributed by atoms with van der Waals surface area (Å²) >= 11 is 0. The maximum Gasteiger partial charge on any atom is 0.311 e. The first-order valence-electron chi connectivity index (χ1n) is 10.5. The SMILES string of the molecule is C/C(=N\NC(=O)c1nc(-c2ccccc2)n(-c2ccccc2)n1)c1cccc(-n2cnnn2)c1. The summed E-state index contributed by atoms with van der Waals surface area (Å²) in [6, 6.07) is 26.6. The van der Waals surface area contributed by atoms with Crippen LogP contribution >= 0.6 is 0 Å². The summed E-state index contributed by atoms with van der Waals surface area (Å²) in [4.78, 5) is 17.4. The van der Waals surface area contributed by atoms with Gasteiger partial charge in [0.1, 0.15) is 6.33 Å². The van der Waals surface area contributed by atoms with Crippen LogP contribution < -0.4 is 5.43 Å². The Labute approximate surface area is 194 Å². The third-order valence-corrected chi connectivity index (χ3v) is 5.05. The number of tetrazole rings is 1. The topological polar surface area (TPSA) is 116 Å². The van der Waals surface area contributed by atoms with E-state index in [2.05, 4.69) is 36.1 Å². The zero-order chi connectivity index (χ0) is 23.3. The van der Waals surface area contributed by atoms with E-state index in [4.69, 9.17) is 0 Å². The third kappa shape index (κ3) is 4.32. The highest BCUT2D eigenvalue weighted by Crippen LogP contribution is 2.21. The monoisotopic (exact) mass is 449 g/mol. The maximum atomic E-state index is 12.9. The number of nitrogens with one attached hydrogen (secondary N) is 1. The molecule has 0 spiro atoms. The van der Waals surface area contributed by atoms with E-state index in [0.717, 1.165) is 22.5 Å². The number of nitrogens with zero attached hydrogens (tertiary/aromatic N) is 8. The molecule has 0 radical (unpaired) electrons. The number of benzene rings is 3. The first kappa shape index (κ1) is 20.9. The highest BCUT2D eigenvalue weighted by atomic mass is 16.2. The van der Waals surface area contributed by atoms with E-state index >= 15 is 0 Å². The van der Waals surface area contributed by atoms with Gasteiger partial charge in [-0.1, -0.05) is 60.7 Å². The maximum absolute atomic E-state index is 12.9. The average Bonchev–Trinajstić information content (AvgIpc) is 3.59. The van der Waals surface area contributed by atoms with Gasteiger partial charge in [0.15, 0.2) is 5.82 Å². The summed E-state index contributed by atoms with van der Waals surface area (Å²) in [5, 5.41) is 19.9. The highest BCUT2D eigenvalue weighted by Gasteiger charge is 2.18. The molecule has 1 N–H and O–H groups in total. The second-order valence-electron chi connectivity index (χ2n) is 7.32. The second-order valence-corrected chi connectivity index (χ2v) is 7.32. The lowest BCUT2D eigenvalue weighted by Crippen LogP contribution is -2.21. The lowest BCUT2D eigenvalue weighted by atomic mass is 10.1. The summed E-state index contributed by atoms with van der Waals surface area (Å²) in [7, 11) is 0. The molecule has 10 heteroatoms. The molecule has 1 amide bonds. The smallest absolute Gasteiger partial charge is 0.264 e. The predicted octanol–water partition coefficient (Wildman–Crippen LogP) is 3.06. The normalized spacial score (nSPS) is 11.4. The first-order valence-corrected chi connectivity index (χ1v) is 10.5. The summed E-state index contributed by atoms with van der Waals surface area (Å²) < 4.78 is 3.19. The Balaban J connectivity index is 1.41. The number of para-hydroxylation sites is 1. The van der Waals surface area contributed by atoms with Crippen LogP contribution in [0.3, 0.4) is 0 Å². The zero-order valence-corrected chi connectivity index (χ0v) is 18.1. The van der Waals surface area contributed by atoms with Crippen LogP contribution in [-0.4, -0.2) is 46.6 Å².